The van der Waals surface area contributed by atoms with Gasteiger partial charge in [0.1, 0.15) is 0 Å². The van der Waals surface area contributed by atoms with Gasteiger partial charge in [-0.05, 0) is 42.0 Å². The van der Waals surface area contributed by atoms with Crippen molar-refractivity contribution in [2.75, 3.05) is 24.3 Å². The van der Waals surface area contributed by atoms with E-state index >= 15 is 0 Å². The average Bonchev–Trinajstić information content (AvgIpc) is 2.46. The largest absolute Gasteiger partial charge is 0.381 e. The number of primary amides is 1. The Bertz CT molecular complexity index is 591. The first-order chi connectivity index (χ1) is 9.56. The van der Waals surface area contributed by atoms with Crippen LogP contribution in [0.2, 0.25) is 0 Å². The highest BCUT2D eigenvalue weighted by Crippen LogP contribution is 2.16. The molecule has 0 fully saturated rings. The van der Waals surface area contributed by atoms with Crippen molar-refractivity contribution in [2.45, 2.75) is 6.54 Å². The number of rotatable bonds is 5. The highest BCUT2D eigenvalue weighted by Gasteiger charge is 2.01. The van der Waals surface area contributed by atoms with Crippen molar-refractivity contribution >= 4 is 17.3 Å². The predicted molar refractivity (Wildman–Crippen MR) is 83.1 cm³/mol. The van der Waals surface area contributed by atoms with Gasteiger partial charge in [0.15, 0.2) is 0 Å². The Hall–Kier alpha value is -2.49. The summed E-state index contributed by atoms with van der Waals surface area (Å²) in [5.74, 6) is -0.401. The first kappa shape index (κ1) is 13.9. The molecule has 0 saturated heterocycles. The van der Waals surface area contributed by atoms with Gasteiger partial charge in [0.05, 0.1) is 0 Å². The summed E-state index contributed by atoms with van der Waals surface area (Å²) in [6.45, 7) is 0.655. The second-order valence-electron chi connectivity index (χ2n) is 4.86. The van der Waals surface area contributed by atoms with Crippen LogP contribution in [0.5, 0.6) is 0 Å². The molecule has 4 heteroatoms. The molecule has 0 heterocycles. The van der Waals surface area contributed by atoms with E-state index in [1.807, 2.05) is 44.4 Å². The van der Waals surface area contributed by atoms with Crippen molar-refractivity contribution in [2.24, 2.45) is 5.73 Å². The van der Waals surface area contributed by atoms with E-state index in [-0.39, 0.29) is 0 Å². The molecule has 4 nitrogen and oxygen atoms in total. The molecule has 0 spiro atoms. The van der Waals surface area contributed by atoms with Crippen LogP contribution in [0.15, 0.2) is 48.5 Å². The first-order valence-corrected chi connectivity index (χ1v) is 6.46. The Morgan fingerprint density at radius 2 is 1.85 bits per heavy atom. The molecule has 0 saturated carbocycles. The van der Waals surface area contributed by atoms with Crippen LogP contribution in [0.4, 0.5) is 11.4 Å². The van der Waals surface area contributed by atoms with Crippen LogP contribution in [0.3, 0.4) is 0 Å². The van der Waals surface area contributed by atoms with E-state index in [1.54, 1.807) is 6.07 Å². The Labute approximate surface area is 119 Å². The summed E-state index contributed by atoms with van der Waals surface area (Å²) in [5, 5.41) is 3.32. The fraction of sp³-hybridized carbons (Fsp3) is 0.188. The number of anilines is 2. The van der Waals surface area contributed by atoms with Gasteiger partial charge in [-0.2, -0.15) is 0 Å². The minimum Gasteiger partial charge on any atom is -0.381 e. The molecule has 0 aromatic heterocycles. The van der Waals surface area contributed by atoms with Crippen LogP contribution in [0.25, 0.3) is 0 Å². The number of nitrogens with zero attached hydrogens (tertiary/aromatic N) is 1. The number of nitrogens with one attached hydrogen (secondary N) is 1. The third-order valence-electron chi connectivity index (χ3n) is 3.09. The van der Waals surface area contributed by atoms with Gasteiger partial charge in [-0.1, -0.05) is 12.1 Å². The monoisotopic (exact) mass is 269 g/mol. The van der Waals surface area contributed by atoms with E-state index in [0.717, 1.165) is 16.9 Å². The molecule has 0 aliphatic heterocycles. The highest BCUT2D eigenvalue weighted by atomic mass is 16.1. The van der Waals surface area contributed by atoms with Gasteiger partial charge in [0.2, 0.25) is 5.91 Å². The summed E-state index contributed by atoms with van der Waals surface area (Å²) in [5.41, 5.74) is 9.03. The molecule has 2 aromatic rings. The van der Waals surface area contributed by atoms with Crippen LogP contribution in [-0.4, -0.2) is 20.0 Å². The van der Waals surface area contributed by atoms with E-state index in [0.29, 0.717) is 12.1 Å². The smallest absolute Gasteiger partial charge is 0.248 e. The minimum atomic E-state index is -0.401. The van der Waals surface area contributed by atoms with Gasteiger partial charge >= 0.3 is 0 Å². The lowest BCUT2D eigenvalue weighted by Crippen LogP contribution is -2.11. The van der Waals surface area contributed by atoms with Gasteiger partial charge in [-0.3, -0.25) is 4.79 Å². The lowest BCUT2D eigenvalue weighted by molar-refractivity contribution is 0.1000. The number of benzene rings is 2. The molecule has 104 valence electrons. The van der Waals surface area contributed by atoms with Crippen LogP contribution >= 0.6 is 0 Å². The summed E-state index contributed by atoms with van der Waals surface area (Å²) in [6, 6.07) is 15.5. The number of amides is 1. The maximum Gasteiger partial charge on any atom is 0.248 e. The van der Waals surface area contributed by atoms with Gasteiger partial charge in [0.25, 0.3) is 0 Å². The summed E-state index contributed by atoms with van der Waals surface area (Å²) < 4.78 is 0. The molecule has 3 N–H and O–H groups in total. The fourth-order valence-electron chi connectivity index (χ4n) is 1.92. The molecule has 0 atom stereocenters. The molecule has 0 bridgehead atoms. The molecule has 1 amide bonds. The zero-order valence-electron chi connectivity index (χ0n) is 11.8. The summed E-state index contributed by atoms with van der Waals surface area (Å²) in [4.78, 5) is 13.2. The minimum absolute atomic E-state index is 0.401. The Balaban J connectivity index is 2.01. The maximum absolute atomic E-state index is 11.1. The average molecular weight is 269 g/mol. The van der Waals surface area contributed by atoms with Crippen molar-refractivity contribution in [1.29, 1.82) is 0 Å². The van der Waals surface area contributed by atoms with Crippen molar-refractivity contribution < 1.29 is 4.79 Å². The van der Waals surface area contributed by atoms with Gasteiger partial charge in [0, 0.05) is 37.6 Å². The topological polar surface area (TPSA) is 58.4 Å². The van der Waals surface area contributed by atoms with Crippen LogP contribution in [0, 0.1) is 0 Å². The number of carbonyl (C=O) groups is 1. The van der Waals surface area contributed by atoms with Gasteiger partial charge < -0.3 is 16.0 Å². The lowest BCUT2D eigenvalue weighted by Gasteiger charge is -2.13. The zero-order chi connectivity index (χ0) is 14.5. The summed E-state index contributed by atoms with van der Waals surface area (Å²) in [6.07, 6.45) is 0. The standard InChI is InChI=1S/C16H19N3O/c1-19(2)15-8-6-14(7-9-15)18-11-12-4-3-5-13(10-12)16(17)20/h3-10,18H,11H2,1-2H3,(H2,17,20). The van der Waals surface area contributed by atoms with Crippen LogP contribution in [0.1, 0.15) is 15.9 Å². The molecule has 0 aliphatic carbocycles. The second kappa shape index (κ2) is 6.10. The molecular formula is C16H19N3O. The van der Waals surface area contributed by atoms with Crippen LogP contribution < -0.4 is 16.0 Å². The third-order valence-corrected chi connectivity index (χ3v) is 3.09. The molecule has 0 aliphatic rings. The van der Waals surface area contributed by atoms with E-state index in [2.05, 4.69) is 22.3 Å². The predicted octanol–water partition coefficient (Wildman–Crippen LogP) is 2.46. The number of nitrogens with two attached hydrogens (primary N) is 1. The number of hydrogen-bond acceptors (Lipinski definition) is 3. The van der Waals surface area contributed by atoms with Crippen LogP contribution in [-0.2, 0) is 6.54 Å². The van der Waals surface area contributed by atoms with Gasteiger partial charge in [-0.25, -0.2) is 0 Å². The zero-order valence-corrected chi connectivity index (χ0v) is 11.8. The van der Waals surface area contributed by atoms with E-state index < -0.39 is 5.91 Å². The van der Waals surface area contributed by atoms with Gasteiger partial charge in [-0.15, -0.1) is 0 Å². The SMILES string of the molecule is CN(C)c1ccc(NCc2cccc(C(N)=O)c2)cc1. The summed E-state index contributed by atoms with van der Waals surface area (Å²) in [7, 11) is 4.02. The lowest BCUT2D eigenvalue weighted by atomic mass is 10.1. The molecule has 0 radical (unpaired) electrons. The molecule has 2 aromatic carbocycles. The molecule has 0 unspecified atom stereocenters. The molecular weight excluding hydrogens is 250 g/mol. The van der Waals surface area contributed by atoms with Crippen molar-refractivity contribution in [3.05, 3.63) is 59.7 Å². The van der Waals surface area contributed by atoms with E-state index in [9.17, 15) is 4.79 Å². The number of carbonyl (C=O) groups excluding carboxylic acids is 1. The van der Waals surface area contributed by atoms with Crippen molar-refractivity contribution in [3.8, 4) is 0 Å². The fourth-order valence-corrected chi connectivity index (χ4v) is 1.92. The Morgan fingerprint density at radius 1 is 1.15 bits per heavy atom. The maximum atomic E-state index is 11.1. The normalized spacial score (nSPS) is 10.1. The van der Waals surface area contributed by atoms with Crippen molar-refractivity contribution in [3.63, 3.8) is 0 Å². The molecule has 2 rings (SSSR count). The van der Waals surface area contributed by atoms with E-state index in [4.69, 9.17) is 5.73 Å². The van der Waals surface area contributed by atoms with Crippen molar-refractivity contribution in [1.82, 2.24) is 0 Å². The first-order valence-electron chi connectivity index (χ1n) is 6.46. The summed E-state index contributed by atoms with van der Waals surface area (Å²) >= 11 is 0. The Kier molecular flexibility index (Phi) is 4.25. The Morgan fingerprint density at radius 3 is 2.45 bits per heavy atom. The third kappa shape index (κ3) is 3.51. The van der Waals surface area contributed by atoms with E-state index in [1.165, 1.54) is 0 Å². The highest BCUT2D eigenvalue weighted by molar-refractivity contribution is 5.92. The quantitative estimate of drug-likeness (QED) is 0.876. The number of hydrogen-bond donors (Lipinski definition) is 2. The molecule has 20 heavy (non-hydrogen) atoms. The second-order valence-corrected chi connectivity index (χ2v) is 4.86.